The smallest absolute Gasteiger partial charge is 0.264 e. The van der Waals surface area contributed by atoms with E-state index in [0.717, 1.165) is 0 Å². The molecule has 1 amide bonds. The molecule has 4 aromatic rings. The Hall–Kier alpha value is -3.34. The van der Waals surface area contributed by atoms with Crippen molar-refractivity contribution < 1.29 is 17.6 Å². The monoisotopic (exact) mass is 512 g/mol. The number of para-hydroxylation sites is 1. The van der Waals surface area contributed by atoms with E-state index in [1.807, 2.05) is 25.1 Å². The Balaban J connectivity index is 1.63. The Morgan fingerprint density at radius 2 is 1.63 bits per heavy atom. The predicted octanol–water partition coefficient (Wildman–Crippen LogP) is 4.47. The Bertz CT molecular complexity index is 1440. The molecule has 1 heterocycles. The number of aromatic nitrogens is 1. The van der Waals surface area contributed by atoms with Gasteiger partial charge >= 0.3 is 0 Å². The summed E-state index contributed by atoms with van der Waals surface area (Å²) in [6, 6.07) is 19.0. The minimum Gasteiger partial charge on any atom is -0.308 e. The lowest BCUT2D eigenvalue weighted by Crippen LogP contribution is -2.36. The average Bonchev–Trinajstić information content (AvgIpc) is 3.26. The molecule has 35 heavy (non-hydrogen) atoms. The standard InChI is InChI=1S/C25H25FN4O3S2/c1-28(2)15-16-30(25-27-22-14-11-19(26)17-23(22)34-25)24(31)18-9-12-21(13-10-18)35(32,33)29(3)20-7-5-4-6-8-20/h4-14,17H,15-16H2,1-3H3. The van der Waals surface area contributed by atoms with E-state index in [1.54, 1.807) is 35.2 Å². The summed E-state index contributed by atoms with van der Waals surface area (Å²) in [6.07, 6.45) is 0. The predicted molar refractivity (Wildman–Crippen MR) is 138 cm³/mol. The minimum absolute atomic E-state index is 0.0794. The Labute approximate surface area is 208 Å². The number of anilines is 2. The largest absolute Gasteiger partial charge is 0.308 e. The molecule has 0 unspecified atom stereocenters. The van der Waals surface area contributed by atoms with Gasteiger partial charge in [-0.2, -0.15) is 0 Å². The van der Waals surface area contributed by atoms with Crippen molar-refractivity contribution in [3.8, 4) is 0 Å². The number of fused-ring (bicyclic) bond motifs is 1. The van der Waals surface area contributed by atoms with Gasteiger partial charge in [0.25, 0.3) is 15.9 Å². The number of likely N-dealkylation sites (N-methyl/N-ethyl adjacent to an activating group) is 1. The summed E-state index contributed by atoms with van der Waals surface area (Å²) in [5, 5.41) is 0.456. The maximum Gasteiger partial charge on any atom is 0.264 e. The van der Waals surface area contributed by atoms with Crippen LogP contribution in [0.1, 0.15) is 10.4 Å². The number of carbonyl (C=O) groups excluding carboxylic acids is 1. The number of nitrogens with zero attached hydrogens (tertiary/aromatic N) is 4. The van der Waals surface area contributed by atoms with E-state index < -0.39 is 10.0 Å². The average molecular weight is 513 g/mol. The molecule has 0 saturated heterocycles. The summed E-state index contributed by atoms with van der Waals surface area (Å²) in [6.45, 7) is 0.954. The van der Waals surface area contributed by atoms with Crippen LogP contribution in [-0.4, -0.2) is 58.4 Å². The number of rotatable bonds is 8. The van der Waals surface area contributed by atoms with Crippen LogP contribution in [0.3, 0.4) is 0 Å². The Morgan fingerprint density at radius 3 is 2.29 bits per heavy atom. The molecule has 1 aromatic heterocycles. The number of carbonyl (C=O) groups is 1. The normalized spacial score (nSPS) is 11.7. The summed E-state index contributed by atoms with van der Waals surface area (Å²) in [7, 11) is 1.50. The van der Waals surface area contributed by atoms with E-state index in [9.17, 15) is 17.6 Å². The highest BCUT2D eigenvalue weighted by molar-refractivity contribution is 7.92. The molecule has 0 radical (unpaired) electrons. The van der Waals surface area contributed by atoms with Crippen LogP contribution in [0.4, 0.5) is 15.2 Å². The van der Waals surface area contributed by atoms with Crippen molar-refractivity contribution >= 4 is 48.3 Å². The van der Waals surface area contributed by atoms with Gasteiger partial charge in [-0.05, 0) is 68.7 Å². The van der Waals surface area contributed by atoms with Crippen LogP contribution in [0.15, 0.2) is 77.7 Å². The SMILES string of the molecule is CN(C)CCN(C(=O)c1ccc(S(=O)(=O)N(C)c2ccccc2)cc1)c1nc2ccc(F)cc2s1. The van der Waals surface area contributed by atoms with E-state index in [1.165, 1.54) is 59.1 Å². The molecule has 4 rings (SSSR count). The van der Waals surface area contributed by atoms with E-state index >= 15 is 0 Å². The van der Waals surface area contributed by atoms with Crippen LogP contribution in [0.25, 0.3) is 10.2 Å². The van der Waals surface area contributed by atoms with Gasteiger partial charge in [-0.1, -0.05) is 29.5 Å². The molecular weight excluding hydrogens is 487 g/mol. The summed E-state index contributed by atoms with van der Waals surface area (Å²) in [5.74, 6) is -0.678. The summed E-state index contributed by atoms with van der Waals surface area (Å²) < 4.78 is 41.6. The van der Waals surface area contributed by atoms with Crippen molar-refractivity contribution in [2.75, 3.05) is 43.4 Å². The van der Waals surface area contributed by atoms with Gasteiger partial charge in [-0.25, -0.2) is 17.8 Å². The minimum atomic E-state index is -3.79. The zero-order valence-electron chi connectivity index (χ0n) is 19.6. The van der Waals surface area contributed by atoms with Crippen LogP contribution in [0.2, 0.25) is 0 Å². The molecule has 3 aromatic carbocycles. The fourth-order valence-corrected chi connectivity index (χ4v) is 5.66. The maximum absolute atomic E-state index is 13.7. The van der Waals surface area contributed by atoms with Gasteiger partial charge in [0.2, 0.25) is 0 Å². The second-order valence-electron chi connectivity index (χ2n) is 8.20. The molecule has 0 saturated carbocycles. The molecule has 0 aliphatic rings. The van der Waals surface area contributed by atoms with Crippen LogP contribution < -0.4 is 9.21 Å². The van der Waals surface area contributed by atoms with E-state index in [4.69, 9.17) is 0 Å². The second-order valence-corrected chi connectivity index (χ2v) is 11.2. The van der Waals surface area contributed by atoms with E-state index in [2.05, 4.69) is 4.98 Å². The van der Waals surface area contributed by atoms with Crippen molar-refractivity contribution in [3.63, 3.8) is 0 Å². The topological polar surface area (TPSA) is 73.8 Å². The number of amides is 1. The first kappa shape index (κ1) is 24.8. The van der Waals surface area contributed by atoms with E-state index in [0.29, 0.717) is 39.7 Å². The van der Waals surface area contributed by atoms with Gasteiger partial charge in [-0.3, -0.25) is 14.0 Å². The summed E-state index contributed by atoms with van der Waals surface area (Å²) in [5.41, 5.74) is 1.48. The lowest BCUT2D eigenvalue weighted by molar-refractivity contribution is 0.0985. The molecular formula is C25H25FN4O3S2. The zero-order valence-corrected chi connectivity index (χ0v) is 21.2. The number of thiazole rings is 1. The van der Waals surface area contributed by atoms with Crippen LogP contribution in [0, 0.1) is 5.82 Å². The lowest BCUT2D eigenvalue weighted by atomic mass is 10.2. The van der Waals surface area contributed by atoms with Crippen LogP contribution >= 0.6 is 11.3 Å². The third-order valence-electron chi connectivity index (χ3n) is 5.47. The molecule has 0 N–H and O–H groups in total. The molecule has 0 aliphatic carbocycles. The number of halogens is 1. The van der Waals surface area contributed by atoms with Crippen molar-refractivity contribution in [2.45, 2.75) is 4.90 Å². The highest BCUT2D eigenvalue weighted by Crippen LogP contribution is 2.30. The second kappa shape index (κ2) is 10.1. The van der Waals surface area contributed by atoms with Gasteiger partial charge in [-0.15, -0.1) is 0 Å². The third kappa shape index (κ3) is 5.34. The number of hydrogen-bond acceptors (Lipinski definition) is 6. The Morgan fingerprint density at radius 1 is 0.943 bits per heavy atom. The molecule has 0 aliphatic heterocycles. The highest BCUT2D eigenvalue weighted by atomic mass is 32.2. The van der Waals surface area contributed by atoms with Crippen LogP contribution in [0.5, 0.6) is 0 Å². The van der Waals surface area contributed by atoms with Gasteiger partial charge in [0, 0.05) is 25.7 Å². The van der Waals surface area contributed by atoms with Crippen LogP contribution in [-0.2, 0) is 10.0 Å². The van der Waals surface area contributed by atoms with Crippen molar-refractivity contribution in [1.29, 1.82) is 0 Å². The zero-order chi connectivity index (χ0) is 25.2. The van der Waals surface area contributed by atoms with Gasteiger partial charge in [0.15, 0.2) is 5.13 Å². The van der Waals surface area contributed by atoms with Crippen molar-refractivity contribution in [2.24, 2.45) is 0 Å². The first-order valence-electron chi connectivity index (χ1n) is 10.8. The third-order valence-corrected chi connectivity index (χ3v) is 8.31. The fourth-order valence-electron chi connectivity index (χ4n) is 3.45. The van der Waals surface area contributed by atoms with Gasteiger partial charge in [0.05, 0.1) is 20.8 Å². The molecule has 0 bridgehead atoms. The Kier molecular flexibility index (Phi) is 7.15. The molecule has 7 nitrogen and oxygen atoms in total. The summed E-state index contributed by atoms with van der Waals surface area (Å²) >= 11 is 1.24. The highest BCUT2D eigenvalue weighted by Gasteiger charge is 2.24. The number of sulfonamides is 1. The molecule has 0 spiro atoms. The summed E-state index contributed by atoms with van der Waals surface area (Å²) in [4.78, 5) is 21.6. The van der Waals surface area contributed by atoms with Gasteiger partial charge in [0.1, 0.15) is 5.82 Å². The maximum atomic E-state index is 13.7. The molecule has 182 valence electrons. The first-order valence-corrected chi connectivity index (χ1v) is 13.1. The number of hydrogen-bond donors (Lipinski definition) is 0. The number of benzene rings is 3. The quantitative estimate of drug-likeness (QED) is 0.348. The first-order chi connectivity index (χ1) is 16.7. The lowest BCUT2D eigenvalue weighted by Gasteiger charge is -2.22. The molecule has 10 heteroatoms. The fraction of sp³-hybridized carbons (Fsp3) is 0.200. The van der Waals surface area contributed by atoms with E-state index in [-0.39, 0.29) is 16.6 Å². The molecule has 0 fully saturated rings. The van der Waals surface area contributed by atoms with Crippen molar-refractivity contribution in [3.05, 3.63) is 84.2 Å². The van der Waals surface area contributed by atoms with Gasteiger partial charge < -0.3 is 4.90 Å². The molecule has 0 atom stereocenters. The van der Waals surface area contributed by atoms with Crippen molar-refractivity contribution in [1.82, 2.24) is 9.88 Å².